The normalized spacial score (nSPS) is 25.5. The van der Waals surface area contributed by atoms with Crippen molar-refractivity contribution in [3.05, 3.63) is 70.8 Å². The van der Waals surface area contributed by atoms with Crippen molar-refractivity contribution >= 4 is 35.5 Å². The number of imide groups is 1. The van der Waals surface area contributed by atoms with Crippen LogP contribution in [0.25, 0.3) is 0 Å². The third-order valence-corrected chi connectivity index (χ3v) is 7.11. The van der Waals surface area contributed by atoms with E-state index in [0.717, 1.165) is 16.0 Å². The summed E-state index contributed by atoms with van der Waals surface area (Å²) in [5, 5.41) is 9.78. The van der Waals surface area contributed by atoms with Gasteiger partial charge in [-0.25, -0.2) is 4.79 Å². The second kappa shape index (κ2) is 6.98. The van der Waals surface area contributed by atoms with Gasteiger partial charge in [0.05, 0.1) is 17.2 Å². The molecule has 2 aromatic rings. The fourth-order valence-electron chi connectivity index (χ4n) is 4.61. The SMILES string of the molecule is O=C(O)C1CSCC2c3ccccc3CC(N3C(=O)c4ccccc4C3=O)C(=O)N12. The highest BCUT2D eigenvalue weighted by Crippen LogP contribution is 2.40. The minimum absolute atomic E-state index is 0.171. The zero-order valence-electron chi connectivity index (χ0n) is 15.9. The number of hydrogen-bond donors (Lipinski definition) is 1. The Hall–Kier alpha value is -3.13. The summed E-state index contributed by atoms with van der Waals surface area (Å²) in [5.74, 6) is -1.75. The molecule has 0 saturated carbocycles. The minimum atomic E-state index is -1.08. The van der Waals surface area contributed by atoms with Crippen LogP contribution in [0.15, 0.2) is 48.5 Å². The van der Waals surface area contributed by atoms with Crippen LogP contribution in [0.3, 0.4) is 0 Å². The number of thioether (sulfide) groups is 1. The second-order valence-electron chi connectivity index (χ2n) is 7.60. The Balaban J connectivity index is 1.64. The number of fused-ring (bicyclic) bond motifs is 4. The van der Waals surface area contributed by atoms with Crippen molar-refractivity contribution in [1.29, 1.82) is 0 Å². The highest BCUT2D eigenvalue weighted by atomic mass is 32.2. The first kappa shape index (κ1) is 18.9. The van der Waals surface area contributed by atoms with E-state index in [2.05, 4.69) is 0 Å². The molecule has 3 aliphatic rings. The molecule has 0 bridgehead atoms. The van der Waals surface area contributed by atoms with E-state index in [1.165, 1.54) is 16.7 Å². The van der Waals surface area contributed by atoms with Crippen molar-refractivity contribution in [2.45, 2.75) is 24.5 Å². The summed E-state index contributed by atoms with van der Waals surface area (Å²) in [4.78, 5) is 54.2. The number of benzene rings is 2. The van der Waals surface area contributed by atoms with Gasteiger partial charge in [0.15, 0.2) is 0 Å². The van der Waals surface area contributed by atoms with E-state index in [4.69, 9.17) is 0 Å². The summed E-state index contributed by atoms with van der Waals surface area (Å²) in [6.45, 7) is 0. The Bertz CT molecular complexity index is 1070. The van der Waals surface area contributed by atoms with Gasteiger partial charge in [0.2, 0.25) is 5.91 Å². The first-order chi connectivity index (χ1) is 14.5. The Kier molecular flexibility index (Phi) is 4.39. The molecule has 3 heterocycles. The van der Waals surface area contributed by atoms with Crippen molar-refractivity contribution in [3.63, 3.8) is 0 Å². The van der Waals surface area contributed by atoms with Crippen LogP contribution in [0.1, 0.15) is 37.9 Å². The van der Waals surface area contributed by atoms with Crippen molar-refractivity contribution in [1.82, 2.24) is 9.80 Å². The predicted molar refractivity (Wildman–Crippen MR) is 109 cm³/mol. The number of carboxylic acids is 1. The minimum Gasteiger partial charge on any atom is -0.480 e. The number of carbonyl (C=O) groups excluding carboxylic acids is 3. The quantitative estimate of drug-likeness (QED) is 0.744. The lowest BCUT2D eigenvalue weighted by atomic mass is 9.97. The average molecular weight is 422 g/mol. The first-order valence-electron chi connectivity index (χ1n) is 9.66. The fraction of sp³-hybridized carbons (Fsp3) is 0.273. The standard InChI is InChI=1S/C22H18N2O5S/c25-19-14-7-3-4-8-15(14)20(26)24(19)16-9-12-5-1-2-6-13(12)17-10-30-11-18(22(28)29)23(17)21(16)27/h1-8,16-18H,9-11H2,(H,28,29). The molecule has 152 valence electrons. The molecule has 5 rings (SSSR count). The lowest BCUT2D eigenvalue weighted by molar-refractivity contribution is -0.153. The molecule has 0 aliphatic carbocycles. The van der Waals surface area contributed by atoms with Crippen LogP contribution in [0.2, 0.25) is 0 Å². The van der Waals surface area contributed by atoms with Gasteiger partial charge in [0.1, 0.15) is 12.1 Å². The van der Waals surface area contributed by atoms with Crippen LogP contribution < -0.4 is 0 Å². The molecule has 1 saturated heterocycles. The second-order valence-corrected chi connectivity index (χ2v) is 8.67. The summed E-state index contributed by atoms with van der Waals surface area (Å²) in [6.07, 6.45) is 0.171. The number of rotatable bonds is 2. The number of hydrogen-bond acceptors (Lipinski definition) is 5. The Morgan fingerprint density at radius 1 is 0.900 bits per heavy atom. The van der Waals surface area contributed by atoms with E-state index in [1.54, 1.807) is 24.3 Å². The summed E-state index contributed by atoms with van der Waals surface area (Å²) >= 11 is 1.49. The number of amides is 3. The molecule has 0 spiro atoms. The maximum atomic E-state index is 13.7. The van der Waals surface area contributed by atoms with Crippen LogP contribution in [0, 0.1) is 0 Å². The zero-order valence-corrected chi connectivity index (χ0v) is 16.7. The molecule has 7 nitrogen and oxygen atoms in total. The number of nitrogens with zero attached hydrogens (tertiary/aromatic N) is 2. The van der Waals surface area contributed by atoms with E-state index in [9.17, 15) is 24.3 Å². The van der Waals surface area contributed by atoms with Crippen molar-refractivity contribution in [2.24, 2.45) is 0 Å². The average Bonchev–Trinajstić information content (AvgIpc) is 2.93. The van der Waals surface area contributed by atoms with E-state index >= 15 is 0 Å². The van der Waals surface area contributed by atoms with Crippen LogP contribution in [0.5, 0.6) is 0 Å². The topological polar surface area (TPSA) is 95.0 Å². The molecule has 30 heavy (non-hydrogen) atoms. The van der Waals surface area contributed by atoms with Gasteiger partial charge in [0, 0.05) is 17.9 Å². The Morgan fingerprint density at radius 2 is 1.53 bits per heavy atom. The Morgan fingerprint density at radius 3 is 2.20 bits per heavy atom. The number of carboxylic acid groups (broad SMARTS) is 1. The number of aliphatic carboxylic acids is 1. The van der Waals surface area contributed by atoms with Gasteiger partial charge >= 0.3 is 5.97 Å². The largest absolute Gasteiger partial charge is 0.480 e. The lowest BCUT2D eigenvalue weighted by Gasteiger charge is -2.41. The van der Waals surface area contributed by atoms with Gasteiger partial charge in [-0.05, 0) is 23.3 Å². The fourth-order valence-corrected chi connectivity index (χ4v) is 5.84. The Labute approximate surface area is 176 Å². The molecule has 3 aliphatic heterocycles. The van der Waals surface area contributed by atoms with Gasteiger partial charge in [-0.2, -0.15) is 11.8 Å². The maximum absolute atomic E-state index is 13.7. The highest BCUT2D eigenvalue weighted by molar-refractivity contribution is 7.99. The highest BCUT2D eigenvalue weighted by Gasteiger charge is 2.50. The summed E-state index contributed by atoms with van der Waals surface area (Å²) in [7, 11) is 0. The molecule has 3 atom stereocenters. The van der Waals surface area contributed by atoms with Crippen LogP contribution >= 0.6 is 11.8 Å². The summed E-state index contributed by atoms with van der Waals surface area (Å²) < 4.78 is 0. The van der Waals surface area contributed by atoms with Crippen molar-refractivity contribution in [2.75, 3.05) is 11.5 Å². The van der Waals surface area contributed by atoms with Crippen LogP contribution in [0.4, 0.5) is 0 Å². The summed E-state index contributed by atoms with van der Waals surface area (Å²) in [5.41, 5.74) is 2.27. The molecule has 0 radical (unpaired) electrons. The molecular formula is C22H18N2O5S. The third-order valence-electron chi connectivity index (χ3n) is 6.01. The molecule has 8 heteroatoms. The van der Waals surface area contributed by atoms with E-state index in [-0.39, 0.29) is 23.3 Å². The molecule has 1 fully saturated rings. The third kappa shape index (κ3) is 2.67. The molecule has 2 aromatic carbocycles. The number of carbonyl (C=O) groups is 4. The van der Waals surface area contributed by atoms with Gasteiger partial charge in [0.25, 0.3) is 11.8 Å². The van der Waals surface area contributed by atoms with Crippen molar-refractivity contribution < 1.29 is 24.3 Å². The summed E-state index contributed by atoms with van der Waals surface area (Å²) in [6, 6.07) is 11.5. The van der Waals surface area contributed by atoms with Gasteiger partial charge < -0.3 is 10.0 Å². The molecular weight excluding hydrogens is 404 g/mol. The zero-order chi connectivity index (χ0) is 21.0. The van der Waals surface area contributed by atoms with E-state index in [1.807, 2.05) is 24.3 Å². The molecule has 1 N–H and O–H groups in total. The van der Waals surface area contributed by atoms with Gasteiger partial charge in [-0.1, -0.05) is 36.4 Å². The smallest absolute Gasteiger partial charge is 0.327 e. The van der Waals surface area contributed by atoms with Crippen molar-refractivity contribution in [3.8, 4) is 0 Å². The van der Waals surface area contributed by atoms with Gasteiger partial charge in [-0.3, -0.25) is 19.3 Å². The van der Waals surface area contributed by atoms with Gasteiger partial charge in [-0.15, -0.1) is 0 Å². The van der Waals surface area contributed by atoms with E-state index in [0.29, 0.717) is 5.75 Å². The first-order valence-corrected chi connectivity index (χ1v) is 10.8. The molecule has 3 unspecified atom stereocenters. The maximum Gasteiger partial charge on any atom is 0.327 e. The van der Waals surface area contributed by atoms with Crippen LogP contribution in [-0.2, 0) is 16.0 Å². The van der Waals surface area contributed by atoms with E-state index < -0.39 is 41.8 Å². The van der Waals surface area contributed by atoms with Crippen LogP contribution in [-0.4, -0.2) is 62.2 Å². The molecule has 3 amide bonds. The molecule has 0 aromatic heterocycles. The monoisotopic (exact) mass is 422 g/mol. The predicted octanol–water partition coefficient (Wildman–Crippen LogP) is 1.98. The lowest BCUT2D eigenvalue weighted by Crippen LogP contribution is -2.58.